The van der Waals surface area contributed by atoms with Crippen molar-refractivity contribution in [1.82, 2.24) is 39.9 Å². The summed E-state index contributed by atoms with van der Waals surface area (Å²) in [6, 6.07) is 34.4. The van der Waals surface area contributed by atoms with Gasteiger partial charge in [-0.2, -0.15) is 45.3 Å². The smallest absolute Gasteiger partial charge is 0.337 e. The summed E-state index contributed by atoms with van der Waals surface area (Å²) in [6.07, 6.45) is 1.89. The van der Waals surface area contributed by atoms with Crippen molar-refractivity contribution >= 4 is 115 Å². The van der Waals surface area contributed by atoms with Crippen LogP contribution in [0.5, 0.6) is 0 Å². The second-order valence-electron chi connectivity index (χ2n) is 24.0. The van der Waals surface area contributed by atoms with E-state index in [-0.39, 0.29) is 0 Å². The fourth-order valence-corrected chi connectivity index (χ4v) is 13.5. The summed E-state index contributed by atoms with van der Waals surface area (Å²) in [4.78, 5) is 81.0. The van der Waals surface area contributed by atoms with Gasteiger partial charge >= 0.3 is 23.9 Å². The lowest BCUT2D eigenvalue weighted by atomic mass is 10.1. The van der Waals surface area contributed by atoms with E-state index >= 15 is 0 Å². The molecule has 12 aromatic rings. The van der Waals surface area contributed by atoms with Gasteiger partial charge in [0.1, 0.15) is 23.3 Å². The summed E-state index contributed by atoms with van der Waals surface area (Å²) in [5.74, 6) is 0.395. The normalized spacial score (nSPS) is 11.9. The minimum atomic E-state index is -1.54. The Bertz CT molecular complexity index is 5010. The first kappa shape index (κ1) is 80.5. The molecule has 108 heavy (non-hydrogen) atoms. The van der Waals surface area contributed by atoms with Gasteiger partial charge in [0.2, 0.25) is 0 Å². The summed E-state index contributed by atoms with van der Waals surface area (Å²) in [6.45, 7) is 19.8. The van der Waals surface area contributed by atoms with Crippen LogP contribution < -0.4 is 21.3 Å². The molecule has 24 nitrogen and oxygen atoms in total. The summed E-state index contributed by atoms with van der Waals surface area (Å²) < 4.78 is 0. The SMILES string of the molecule is C=CCc1c(C)nc(-c2ccsc2)nc1Nc1ccc(C(O)C(=O)O)cc1.C=CCc1c(CC)nc(-c2ccsc2)nc1Nc1ccc(C(O)C(=O)O)cc1.CCc1c(C)nc(-c2ccsc2)nc1Nc1ccc(C(O)C(=O)O)cc1.CCc1nc(-c2ccsc2)nc(Nc2ccc(C(O)C(=O)O)cc2)c1CC. The molecule has 8 aromatic heterocycles. The van der Waals surface area contributed by atoms with E-state index in [9.17, 15) is 39.6 Å². The fraction of sp³-hybridized carbons (Fsp3) is 0.200. The largest absolute Gasteiger partial charge is 0.479 e. The molecular weight excluding hydrogens is 1450 g/mol. The standard InChI is InChI=1S/C21H21N3O3S.C20H19N3O3S.C20H21N3O3S.C19H19N3O3S/c1-3-5-16-17(4-2)23-19(14-10-11-28-12-14)24-20(16)22-15-8-6-13(7-9-15)18(25)21(26)27;1-3-4-16-12(2)21-18(14-9-10-27-11-14)23-19(16)22-15-7-5-13(6-8-15)17(24)20(25)26;1-3-15-16(4-2)22-18(13-9-10-27-11-13)23-19(15)21-14-7-5-12(6-8-14)17(24)20(25)26;1-3-15-11(2)20-17(13-8-9-26-10-13)22-18(15)21-14-6-4-12(5-7-14)16(23)19(24)25/h3,6-12,18,25H,1,4-5H2,2H3,(H,26,27)(H,22,23,24);3,5-11,17,24H,1,4H2,2H3,(H,25,26)(H,21,22,23);5-11,17,24H,3-4H2,1-2H3,(H,25,26)(H,21,22,23);4-10,16,23H,3H2,1-2H3,(H,24,25)(H,20,21,22). The Balaban J connectivity index is 0.000000166. The predicted molar refractivity (Wildman–Crippen MR) is 425 cm³/mol. The van der Waals surface area contributed by atoms with Crippen LogP contribution in [0.2, 0.25) is 0 Å². The molecule has 0 radical (unpaired) electrons. The minimum absolute atomic E-state index is 0.317. The van der Waals surface area contributed by atoms with Gasteiger partial charge in [-0.15, -0.1) is 13.2 Å². The van der Waals surface area contributed by atoms with Crippen molar-refractivity contribution < 1.29 is 60.0 Å². The van der Waals surface area contributed by atoms with Crippen molar-refractivity contribution in [3.63, 3.8) is 0 Å². The lowest BCUT2D eigenvalue weighted by Gasteiger charge is -2.15. The molecular formula is C80H80N12O12S4. The van der Waals surface area contributed by atoms with Crippen LogP contribution >= 0.6 is 45.3 Å². The molecule has 12 rings (SSSR count). The third kappa shape index (κ3) is 20.9. The number of carbonyl (C=O) groups is 4. The van der Waals surface area contributed by atoms with Gasteiger partial charge in [-0.25, -0.2) is 59.0 Å². The number of aryl methyl sites for hydroxylation is 4. The van der Waals surface area contributed by atoms with Crippen LogP contribution in [0.25, 0.3) is 45.6 Å². The number of anilines is 8. The van der Waals surface area contributed by atoms with Gasteiger partial charge in [-0.05, 0) is 169 Å². The van der Waals surface area contributed by atoms with Crippen molar-refractivity contribution in [2.45, 2.75) is 104 Å². The molecule has 8 heterocycles. The average Bonchev–Trinajstić information content (AvgIpc) is 1.49. The zero-order chi connectivity index (χ0) is 77.6. The lowest BCUT2D eigenvalue weighted by Crippen LogP contribution is -2.10. The van der Waals surface area contributed by atoms with Crippen LogP contribution in [0.15, 0.2) is 190 Å². The number of allylic oxidation sites excluding steroid dienone is 2. The zero-order valence-electron chi connectivity index (χ0n) is 59.7. The van der Waals surface area contributed by atoms with E-state index < -0.39 is 48.3 Å². The van der Waals surface area contributed by atoms with Crippen molar-refractivity contribution in [3.05, 3.63) is 257 Å². The first-order valence-electron chi connectivity index (χ1n) is 34.0. The summed E-state index contributed by atoms with van der Waals surface area (Å²) in [5.41, 5.74) is 15.9. The third-order valence-electron chi connectivity index (χ3n) is 16.7. The van der Waals surface area contributed by atoms with Crippen LogP contribution in [-0.2, 0) is 57.7 Å². The number of nitrogens with one attached hydrogen (secondary N) is 4. The molecule has 0 aliphatic carbocycles. The van der Waals surface area contributed by atoms with Crippen molar-refractivity contribution in [3.8, 4) is 45.6 Å². The quantitative estimate of drug-likeness (QED) is 0.0203. The number of aliphatic hydroxyl groups excluding tert-OH is 4. The Hall–Kier alpha value is -11.6. The summed E-state index contributed by atoms with van der Waals surface area (Å²) >= 11 is 6.37. The molecule has 0 aliphatic rings. The topological polar surface area (TPSA) is 381 Å². The maximum Gasteiger partial charge on any atom is 0.337 e. The Morgan fingerprint density at radius 3 is 0.861 bits per heavy atom. The second kappa shape index (κ2) is 38.6. The van der Waals surface area contributed by atoms with E-state index in [4.69, 9.17) is 40.4 Å². The number of nitrogens with zero attached hydrogens (tertiary/aromatic N) is 8. The molecule has 0 amide bonds. The highest BCUT2D eigenvalue weighted by atomic mass is 32.1. The van der Waals surface area contributed by atoms with Gasteiger partial charge in [-0.3, -0.25) is 0 Å². The fourth-order valence-electron chi connectivity index (χ4n) is 11.0. The summed E-state index contributed by atoms with van der Waals surface area (Å²) in [5, 5.41) is 103. The van der Waals surface area contributed by atoms with Gasteiger partial charge < -0.3 is 62.1 Å². The maximum absolute atomic E-state index is 10.9. The Kier molecular flexibility index (Phi) is 28.8. The van der Waals surface area contributed by atoms with Crippen molar-refractivity contribution in [2.75, 3.05) is 21.3 Å². The number of rotatable bonds is 28. The minimum Gasteiger partial charge on any atom is -0.479 e. The molecule has 0 fully saturated rings. The third-order valence-corrected chi connectivity index (χ3v) is 19.4. The highest BCUT2D eigenvalue weighted by molar-refractivity contribution is 7.09. The van der Waals surface area contributed by atoms with Gasteiger partial charge in [0.05, 0.1) is 0 Å². The lowest BCUT2D eigenvalue weighted by molar-refractivity contribution is -0.147. The van der Waals surface area contributed by atoms with E-state index in [1.807, 2.05) is 94.2 Å². The van der Waals surface area contributed by atoms with Crippen LogP contribution in [0.3, 0.4) is 0 Å². The number of aliphatic carboxylic acids is 4. The Labute approximate surface area is 639 Å². The monoisotopic (exact) mass is 1530 g/mol. The summed E-state index contributed by atoms with van der Waals surface area (Å²) in [7, 11) is 0. The van der Waals surface area contributed by atoms with Gasteiger partial charge in [0.25, 0.3) is 0 Å². The number of carboxylic acids is 4. The molecule has 4 unspecified atom stereocenters. The first-order valence-corrected chi connectivity index (χ1v) is 37.8. The van der Waals surface area contributed by atoms with Crippen molar-refractivity contribution in [1.29, 1.82) is 0 Å². The Morgan fingerprint density at radius 2 is 0.602 bits per heavy atom. The van der Waals surface area contributed by atoms with E-state index in [1.54, 1.807) is 148 Å². The number of hydrogen-bond donors (Lipinski definition) is 12. The number of aliphatic hydroxyl groups is 4. The molecule has 0 saturated heterocycles. The van der Waals surface area contributed by atoms with Gasteiger partial charge in [-0.1, -0.05) is 88.4 Å². The highest BCUT2D eigenvalue weighted by Gasteiger charge is 2.23. The molecule has 4 aromatic carbocycles. The number of benzene rings is 4. The molecule has 556 valence electrons. The van der Waals surface area contributed by atoms with Crippen molar-refractivity contribution in [2.24, 2.45) is 0 Å². The van der Waals surface area contributed by atoms with Crippen LogP contribution in [-0.4, -0.2) is 105 Å². The molecule has 4 atom stereocenters. The number of aromatic nitrogens is 8. The average molecular weight is 1530 g/mol. The number of carboxylic acid groups (broad SMARTS) is 4. The van der Waals surface area contributed by atoms with Crippen LogP contribution in [0.4, 0.5) is 46.0 Å². The molecule has 0 spiro atoms. The molecule has 12 N–H and O–H groups in total. The Morgan fingerprint density at radius 1 is 0.352 bits per heavy atom. The maximum atomic E-state index is 10.9. The zero-order valence-corrected chi connectivity index (χ0v) is 63.0. The van der Waals surface area contributed by atoms with E-state index in [0.717, 1.165) is 127 Å². The van der Waals surface area contributed by atoms with Gasteiger partial charge in [0, 0.05) is 112 Å². The van der Waals surface area contributed by atoms with E-state index in [1.165, 1.54) is 0 Å². The second-order valence-corrected chi connectivity index (χ2v) is 27.1. The van der Waals surface area contributed by atoms with E-state index in [2.05, 4.69) is 75.1 Å². The molecule has 28 heteroatoms. The van der Waals surface area contributed by atoms with E-state index in [0.29, 0.717) is 70.0 Å². The number of thiophene rings is 4. The number of hydrogen-bond acceptors (Lipinski definition) is 24. The molecule has 0 saturated carbocycles. The molecule has 0 aliphatic heterocycles. The van der Waals surface area contributed by atoms with Gasteiger partial charge in [0.15, 0.2) is 47.7 Å². The highest BCUT2D eigenvalue weighted by Crippen LogP contribution is 2.34. The van der Waals surface area contributed by atoms with Crippen LogP contribution in [0, 0.1) is 13.8 Å². The molecule has 0 bridgehead atoms. The predicted octanol–water partition coefficient (Wildman–Crippen LogP) is 16.6. The first-order chi connectivity index (χ1) is 52.0. The van der Waals surface area contributed by atoms with Crippen LogP contribution in [0.1, 0.15) is 119 Å².